The van der Waals surface area contributed by atoms with Gasteiger partial charge in [0.1, 0.15) is 12.4 Å². The van der Waals surface area contributed by atoms with Crippen LogP contribution in [-0.4, -0.2) is 16.5 Å². The van der Waals surface area contributed by atoms with Gasteiger partial charge in [0.2, 0.25) is 0 Å². The Morgan fingerprint density at radius 3 is 2.50 bits per heavy atom. The van der Waals surface area contributed by atoms with E-state index < -0.39 is 0 Å². The lowest BCUT2D eigenvalue weighted by Crippen LogP contribution is -2.19. The van der Waals surface area contributed by atoms with Gasteiger partial charge in [-0.05, 0) is 43.7 Å². The van der Waals surface area contributed by atoms with E-state index in [1.54, 1.807) is 18.5 Å². The van der Waals surface area contributed by atoms with E-state index in [0.717, 1.165) is 18.7 Å². The standard InChI is InChI=1S/C16H21N3O/c1-3-9-17-13(2)14-5-7-15(8-6-14)20-12-16-18-10-4-11-19-16/h4-8,10-11,13,17H,3,9,12H2,1-2H3. The highest BCUT2D eigenvalue weighted by Crippen LogP contribution is 2.18. The Morgan fingerprint density at radius 1 is 1.15 bits per heavy atom. The summed E-state index contributed by atoms with van der Waals surface area (Å²) in [6.07, 6.45) is 4.58. The first-order chi connectivity index (χ1) is 9.79. The van der Waals surface area contributed by atoms with Crippen molar-refractivity contribution in [3.63, 3.8) is 0 Å². The molecule has 1 heterocycles. The molecule has 1 atom stereocenters. The summed E-state index contributed by atoms with van der Waals surface area (Å²) < 4.78 is 5.66. The summed E-state index contributed by atoms with van der Waals surface area (Å²) in [6.45, 7) is 5.76. The highest BCUT2D eigenvalue weighted by atomic mass is 16.5. The first-order valence-electron chi connectivity index (χ1n) is 7.01. The Bertz CT molecular complexity index is 499. The fourth-order valence-electron chi connectivity index (χ4n) is 1.88. The number of aromatic nitrogens is 2. The van der Waals surface area contributed by atoms with E-state index in [0.29, 0.717) is 18.5 Å². The summed E-state index contributed by atoms with van der Waals surface area (Å²) in [5.74, 6) is 1.53. The third-order valence-electron chi connectivity index (χ3n) is 3.07. The molecule has 0 spiro atoms. The summed E-state index contributed by atoms with van der Waals surface area (Å²) in [5.41, 5.74) is 1.27. The zero-order valence-electron chi connectivity index (χ0n) is 12.0. The molecule has 1 aromatic heterocycles. The van der Waals surface area contributed by atoms with Crippen LogP contribution >= 0.6 is 0 Å². The molecule has 1 aromatic carbocycles. The van der Waals surface area contributed by atoms with Gasteiger partial charge in [0.05, 0.1) is 0 Å². The molecule has 2 rings (SSSR count). The van der Waals surface area contributed by atoms with Crippen LogP contribution in [0, 0.1) is 0 Å². The molecule has 0 aliphatic rings. The SMILES string of the molecule is CCCNC(C)c1ccc(OCc2ncccn2)cc1. The third kappa shape index (κ3) is 4.31. The largest absolute Gasteiger partial charge is 0.486 e. The van der Waals surface area contributed by atoms with Crippen molar-refractivity contribution in [2.45, 2.75) is 32.9 Å². The average Bonchev–Trinajstić information content (AvgIpc) is 2.52. The lowest BCUT2D eigenvalue weighted by molar-refractivity contribution is 0.295. The van der Waals surface area contributed by atoms with Gasteiger partial charge < -0.3 is 10.1 Å². The number of hydrogen-bond donors (Lipinski definition) is 1. The average molecular weight is 271 g/mol. The van der Waals surface area contributed by atoms with E-state index >= 15 is 0 Å². The van der Waals surface area contributed by atoms with Gasteiger partial charge in [-0.25, -0.2) is 9.97 Å². The number of rotatable bonds is 7. The molecule has 1 N–H and O–H groups in total. The molecule has 0 saturated carbocycles. The Morgan fingerprint density at radius 2 is 1.85 bits per heavy atom. The number of nitrogens with one attached hydrogen (secondary N) is 1. The van der Waals surface area contributed by atoms with Gasteiger partial charge in [-0.3, -0.25) is 0 Å². The second kappa shape index (κ2) is 7.60. The van der Waals surface area contributed by atoms with Crippen molar-refractivity contribution in [1.29, 1.82) is 0 Å². The normalized spacial score (nSPS) is 12.1. The molecule has 0 saturated heterocycles. The van der Waals surface area contributed by atoms with Crippen LogP contribution in [0.25, 0.3) is 0 Å². The molecule has 0 amide bonds. The predicted molar refractivity (Wildman–Crippen MR) is 79.5 cm³/mol. The summed E-state index contributed by atoms with van der Waals surface area (Å²) >= 11 is 0. The van der Waals surface area contributed by atoms with E-state index in [1.165, 1.54) is 5.56 Å². The number of ether oxygens (including phenoxy) is 1. The van der Waals surface area contributed by atoms with Gasteiger partial charge in [-0.1, -0.05) is 19.1 Å². The summed E-state index contributed by atoms with van der Waals surface area (Å²) in [7, 11) is 0. The minimum Gasteiger partial charge on any atom is -0.486 e. The topological polar surface area (TPSA) is 47.0 Å². The maximum atomic E-state index is 5.66. The first kappa shape index (κ1) is 14.5. The van der Waals surface area contributed by atoms with Crippen molar-refractivity contribution >= 4 is 0 Å². The lowest BCUT2D eigenvalue weighted by Gasteiger charge is -2.14. The van der Waals surface area contributed by atoms with E-state index in [1.807, 2.05) is 12.1 Å². The molecule has 4 heteroatoms. The van der Waals surface area contributed by atoms with Gasteiger partial charge in [-0.15, -0.1) is 0 Å². The highest BCUT2D eigenvalue weighted by molar-refractivity contribution is 5.29. The molecule has 0 fully saturated rings. The number of nitrogens with zero attached hydrogens (tertiary/aromatic N) is 2. The maximum Gasteiger partial charge on any atom is 0.166 e. The zero-order chi connectivity index (χ0) is 14.2. The van der Waals surface area contributed by atoms with Crippen LogP contribution in [0.4, 0.5) is 0 Å². The van der Waals surface area contributed by atoms with E-state index in [9.17, 15) is 0 Å². The number of hydrogen-bond acceptors (Lipinski definition) is 4. The molecule has 0 aliphatic carbocycles. The van der Waals surface area contributed by atoms with Crippen LogP contribution < -0.4 is 10.1 Å². The van der Waals surface area contributed by atoms with Crippen molar-refractivity contribution in [2.24, 2.45) is 0 Å². The molecule has 2 aromatic rings. The van der Waals surface area contributed by atoms with Gasteiger partial charge in [-0.2, -0.15) is 0 Å². The highest BCUT2D eigenvalue weighted by Gasteiger charge is 2.04. The first-order valence-corrected chi connectivity index (χ1v) is 7.01. The smallest absolute Gasteiger partial charge is 0.166 e. The van der Waals surface area contributed by atoms with Gasteiger partial charge in [0.15, 0.2) is 5.82 Å². The zero-order valence-corrected chi connectivity index (χ0v) is 12.0. The van der Waals surface area contributed by atoms with Crippen LogP contribution in [0.3, 0.4) is 0 Å². The van der Waals surface area contributed by atoms with E-state index in [4.69, 9.17) is 4.74 Å². The van der Waals surface area contributed by atoms with Gasteiger partial charge in [0.25, 0.3) is 0 Å². The lowest BCUT2D eigenvalue weighted by atomic mass is 10.1. The van der Waals surface area contributed by atoms with Gasteiger partial charge in [0, 0.05) is 18.4 Å². The van der Waals surface area contributed by atoms with Crippen molar-refractivity contribution in [3.05, 3.63) is 54.1 Å². The van der Waals surface area contributed by atoms with Crippen LogP contribution in [0.2, 0.25) is 0 Å². The number of benzene rings is 1. The van der Waals surface area contributed by atoms with Crippen LogP contribution in [0.1, 0.15) is 37.7 Å². The third-order valence-corrected chi connectivity index (χ3v) is 3.07. The molecule has 0 aliphatic heterocycles. The Labute approximate surface area is 120 Å². The molecular weight excluding hydrogens is 250 g/mol. The minimum absolute atomic E-state index is 0.362. The second-order valence-electron chi connectivity index (χ2n) is 4.70. The Hall–Kier alpha value is -1.94. The molecule has 106 valence electrons. The van der Waals surface area contributed by atoms with E-state index in [-0.39, 0.29) is 0 Å². The van der Waals surface area contributed by atoms with Crippen molar-refractivity contribution in [2.75, 3.05) is 6.54 Å². The molecule has 20 heavy (non-hydrogen) atoms. The monoisotopic (exact) mass is 271 g/mol. The molecular formula is C16H21N3O. The summed E-state index contributed by atoms with van der Waals surface area (Å²) in [5, 5.41) is 3.47. The van der Waals surface area contributed by atoms with Crippen LogP contribution in [0.15, 0.2) is 42.7 Å². The summed E-state index contributed by atoms with van der Waals surface area (Å²) in [4.78, 5) is 8.25. The predicted octanol–water partition coefficient (Wildman–Crippen LogP) is 3.12. The quantitative estimate of drug-likeness (QED) is 0.840. The minimum atomic E-state index is 0.362. The second-order valence-corrected chi connectivity index (χ2v) is 4.70. The van der Waals surface area contributed by atoms with Crippen LogP contribution in [0.5, 0.6) is 5.75 Å². The maximum absolute atomic E-state index is 5.66. The fourth-order valence-corrected chi connectivity index (χ4v) is 1.88. The molecule has 1 unspecified atom stereocenters. The van der Waals surface area contributed by atoms with Gasteiger partial charge >= 0.3 is 0 Å². The van der Waals surface area contributed by atoms with Crippen LogP contribution in [-0.2, 0) is 6.61 Å². The Kier molecular flexibility index (Phi) is 5.50. The van der Waals surface area contributed by atoms with Crippen molar-refractivity contribution in [3.8, 4) is 5.75 Å². The Balaban J connectivity index is 1.88. The fraction of sp³-hybridized carbons (Fsp3) is 0.375. The van der Waals surface area contributed by atoms with Crippen molar-refractivity contribution < 1.29 is 4.74 Å². The summed E-state index contributed by atoms with van der Waals surface area (Å²) in [6, 6.07) is 10.3. The molecule has 0 radical (unpaired) electrons. The van der Waals surface area contributed by atoms with Crippen molar-refractivity contribution in [1.82, 2.24) is 15.3 Å². The molecule has 0 bridgehead atoms. The van der Waals surface area contributed by atoms with E-state index in [2.05, 4.69) is 41.3 Å². The molecule has 4 nitrogen and oxygen atoms in total.